The monoisotopic (exact) mass is 324 g/mol. The predicted molar refractivity (Wildman–Crippen MR) is 89.3 cm³/mol. The van der Waals surface area contributed by atoms with Gasteiger partial charge in [-0.1, -0.05) is 0 Å². The second kappa shape index (κ2) is 6.60. The van der Waals surface area contributed by atoms with Crippen molar-refractivity contribution in [3.63, 3.8) is 0 Å². The molecule has 5 heteroatoms. The summed E-state index contributed by atoms with van der Waals surface area (Å²) in [4.78, 5) is 17.1. The maximum Gasteiger partial charge on any atom is 0.410 e. The van der Waals surface area contributed by atoms with Crippen molar-refractivity contribution in [1.82, 2.24) is 9.80 Å². The molecule has 3 fully saturated rings. The molecule has 0 aromatic rings. The number of carbonyl (C=O) groups is 1. The smallest absolute Gasteiger partial charge is 0.410 e. The van der Waals surface area contributed by atoms with Crippen molar-refractivity contribution in [2.75, 3.05) is 19.6 Å². The van der Waals surface area contributed by atoms with E-state index in [0.717, 1.165) is 45.3 Å². The fourth-order valence-electron chi connectivity index (χ4n) is 4.73. The first-order valence-corrected chi connectivity index (χ1v) is 9.27. The topological polar surface area (TPSA) is 53.0 Å². The van der Waals surface area contributed by atoms with Gasteiger partial charge in [-0.2, -0.15) is 0 Å². The first kappa shape index (κ1) is 17.0. The Morgan fingerprint density at radius 2 is 1.78 bits per heavy atom. The summed E-state index contributed by atoms with van der Waals surface area (Å²) in [5.74, 6) is 0.537. The summed E-state index contributed by atoms with van der Waals surface area (Å²) in [5.41, 5.74) is -0.433. The molecule has 1 amide bonds. The van der Waals surface area contributed by atoms with Gasteiger partial charge in [-0.3, -0.25) is 4.90 Å². The number of aliphatic hydroxyl groups excluding tert-OH is 1. The van der Waals surface area contributed by atoms with Gasteiger partial charge in [0.1, 0.15) is 5.60 Å². The lowest BCUT2D eigenvalue weighted by atomic mass is 9.74. The van der Waals surface area contributed by atoms with Gasteiger partial charge in [-0.15, -0.1) is 0 Å². The van der Waals surface area contributed by atoms with Crippen molar-refractivity contribution in [2.45, 2.75) is 83.1 Å². The highest BCUT2D eigenvalue weighted by atomic mass is 16.6. The number of likely N-dealkylation sites (tertiary alicyclic amines) is 2. The Labute approximate surface area is 140 Å². The molecule has 0 spiro atoms. The van der Waals surface area contributed by atoms with E-state index in [1.807, 2.05) is 25.7 Å². The van der Waals surface area contributed by atoms with Gasteiger partial charge in [-0.25, -0.2) is 4.79 Å². The quantitative estimate of drug-likeness (QED) is 0.805. The first-order chi connectivity index (χ1) is 10.8. The largest absolute Gasteiger partial charge is 0.444 e. The third-order valence-corrected chi connectivity index (χ3v) is 5.62. The Kier molecular flexibility index (Phi) is 4.88. The van der Waals surface area contributed by atoms with E-state index < -0.39 is 5.60 Å². The molecule has 0 bridgehead atoms. The summed E-state index contributed by atoms with van der Waals surface area (Å²) in [6, 6.07) is 0.839. The summed E-state index contributed by atoms with van der Waals surface area (Å²) in [6.45, 7) is 8.43. The fraction of sp³-hybridized carbons (Fsp3) is 0.944. The minimum absolute atomic E-state index is 0.144. The number of carbonyl (C=O) groups excluding carboxylic acids is 1. The van der Waals surface area contributed by atoms with Crippen LogP contribution in [0.25, 0.3) is 0 Å². The molecule has 0 radical (unpaired) electrons. The molecule has 132 valence electrons. The van der Waals surface area contributed by atoms with Crippen molar-refractivity contribution in [3.05, 3.63) is 0 Å². The van der Waals surface area contributed by atoms with Gasteiger partial charge < -0.3 is 14.7 Å². The first-order valence-electron chi connectivity index (χ1n) is 9.27. The van der Waals surface area contributed by atoms with E-state index in [2.05, 4.69) is 4.90 Å². The molecule has 2 heterocycles. The molecule has 0 unspecified atom stereocenters. The Morgan fingerprint density at radius 1 is 1.04 bits per heavy atom. The van der Waals surface area contributed by atoms with Gasteiger partial charge in [0.25, 0.3) is 0 Å². The number of fused-ring (bicyclic) bond motifs is 1. The molecular weight excluding hydrogens is 292 g/mol. The molecule has 23 heavy (non-hydrogen) atoms. The summed E-state index contributed by atoms with van der Waals surface area (Å²) in [7, 11) is 0. The van der Waals surface area contributed by atoms with Crippen LogP contribution in [0.4, 0.5) is 4.79 Å². The van der Waals surface area contributed by atoms with Gasteiger partial charge in [0.2, 0.25) is 0 Å². The number of amides is 1. The predicted octanol–water partition coefficient (Wildman–Crippen LogP) is 2.62. The number of aliphatic hydroxyl groups is 1. The third kappa shape index (κ3) is 3.82. The van der Waals surface area contributed by atoms with E-state index in [1.165, 1.54) is 12.8 Å². The Morgan fingerprint density at radius 3 is 2.43 bits per heavy atom. The van der Waals surface area contributed by atoms with Crippen molar-refractivity contribution in [1.29, 1.82) is 0 Å². The summed E-state index contributed by atoms with van der Waals surface area (Å²) >= 11 is 0. The average Bonchev–Trinajstić information content (AvgIpc) is 2.90. The van der Waals surface area contributed by atoms with Gasteiger partial charge in [0.05, 0.1) is 6.10 Å². The van der Waals surface area contributed by atoms with Crippen LogP contribution in [-0.2, 0) is 4.74 Å². The maximum absolute atomic E-state index is 12.6. The van der Waals surface area contributed by atoms with Crippen LogP contribution in [0.2, 0.25) is 0 Å². The zero-order chi connectivity index (χ0) is 16.6. The number of β-amino-alcohol motifs (C(OH)–C–C–N with tert-alkyl or cyclic N) is 1. The number of rotatable bonds is 1. The van der Waals surface area contributed by atoms with Crippen LogP contribution in [0.1, 0.15) is 59.3 Å². The average molecular weight is 324 g/mol. The minimum atomic E-state index is -0.433. The molecular formula is C18H32N2O3. The third-order valence-electron chi connectivity index (χ3n) is 5.62. The van der Waals surface area contributed by atoms with Crippen molar-refractivity contribution in [3.8, 4) is 0 Å². The number of ether oxygens (including phenoxy) is 1. The maximum atomic E-state index is 12.6. The van der Waals surface area contributed by atoms with Gasteiger partial charge in [0, 0.05) is 31.7 Å². The van der Waals surface area contributed by atoms with E-state index in [1.54, 1.807) is 0 Å². The Hall–Kier alpha value is -0.810. The van der Waals surface area contributed by atoms with E-state index in [0.29, 0.717) is 18.0 Å². The van der Waals surface area contributed by atoms with Gasteiger partial charge in [0.15, 0.2) is 0 Å². The van der Waals surface area contributed by atoms with Crippen molar-refractivity contribution < 1.29 is 14.6 Å². The number of hydrogen-bond donors (Lipinski definition) is 1. The molecule has 3 aliphatic rings. The van der Waals surface area contributed by atoms with Crippen LogP contribution >= 0.6 is 0 Å². The molecule has 4 atom stereocenters. The number of nitrogens with zero attached hydrogens (tertiary/aromatic N) is 2. The van der Waals surface area contributed by atoms with Gasteiger partial charge >= 0.3 is 6.09 Å². The van der Waals surface area contributed by atoms with E-state index >= 15 is 0 Å². The fourth-order valence-corrected chi connectivity index (χ4v) is 4.73. The molecule has 0 aromatic heterocycles. The number of hydrogen-bond acceptors (Lipinski definition) is 4. The van der Waals surface area contributed by atoms with E-state index in [4.69, 9.17) is 4.74 Å². The zero-order valence-corrected chi connectivity index (χ0v) is 14.8. The highest BCUT2D eigenvalue weighted by Gasteiger charge is 2.44. The lowest BCUT2D eigenvalue weighted by Gasteiger charge is -2.49. The zero-order valence-electron chi connectivity index (χ0n) is 14.8. The minimum Gasteiger partial charge on any atom is -0.444 e. The SMILES string of the molecule is CC(C)(C)OC(=O)N1CCC[C@@H]2[C@@H](N3CC[C@H](O)C3)CCC[C@@H]21. The second-order valence-corrected chi connectivity index (χ2v) is 8.48. The van der Waals surface area contributed by atoms with Gasteiger partial charge in [-0.05, 0) is 65.2 Å². The summed E-state index contributed by atoms with van der Waals surface area (Å²) in [5, 5.41) is 9.87. The second-order valence-electron chi connectivity index (χ2n) is 8.48. The van der Waals surface area contributed by atoms with E-state index in [9.17, 15) is 9.90 Å². The molecule has 1 aliphatic carbocycles. The van der Waals surface area contributed by atoms with Crippen LogP contribution in [0.3, 0.4) is 0 Å². The normalized spacial score (nSPS) is 35.9. The standard InChI is InChI=1S/C18H32N2O3/c1-18(2,3)23-17(22)20-10-5-6-14-15(7-4-8-16(14)20)19-11-9-13(21)12-19/h13-16,21H,4-12H2,1-3H3/t13-,14+,15-,16-/m0/s1. The lowest BCUT2D eigenvalue weighted by molar-refractivity contribution is -0.0272. The lowest BCUT2D eigenvalue weighted by Crippen LogP contribution is -2.57. The van der Waals surface area contributed by atoms with Crippen molar-refractivity contribution in [2.24, 2.45) is 5.92 Å². The summed E-state index contributed by atoms with van der Waals surface area (Å²) in [6.07, 6.45) is 6.30. The molecule has 2 aliphatic heterocycles. The van der Waals surface area contributed by atoms with Crippen LogP contribution in [0.15, 0.2) is 0 Å². The Bertz CT molecular complexity index is 434. The van der Waals surface area contributed by atoms with Crippen LogP contribution in [-0.4, -0.2) is 64.4 Å². The highest BCUT2D eigenvalue weighted by molar-refractivity contribution is 5.68. The Balaban J connectivity index is 1.70. The molecule has 1 N–H and O–H groups in total. The molecule has 5 nitrogen and oxygen atoms in total. The molecule has 2 saturated heterocycles. The molecule has 1 saturated carbocycles. The summed E-state index contributed by atoms with van der Waals surface area (Å²) < 4.78 is 5.64. The van der Waals surface area contributed by atoms with Crippen LogP contribution in [0.5, 0.6) is 0 Å². The highest BCUT2D eigenvalue weighted by Crippen LogP contribution is 2.39. The van der Waals surface area contributed by atoms with Crippen LogP contribution < -0.4 is 0 Å². The van der Waals surface area contributed by atoms with Crippen LogP contribution in [0, 0.1) is 5.92 Å². The molecule has 3 rings (SSSR count). The molecule has 0 aromatic carbocycles. The van der Waals surface area contributed by atoms with E-state index in [-0.39, 0.29) is 12.2 Å². The van der Waals surface area contributed by atoms with Crippen molar-refractivity contribution >= 4 is 6.09 Å². The number of piperidine rings is 1.